The number of nitrogens with zero attached hydrogens (tertiary/aromatic N) is 5. The van der Waals surface area contributed by atoms with Crippen LogP contribution in [0.15, 0.2) is 90.1 Å². The van der Waals surface area contributed by atoms with Crippen LogP contribution in [-0.2, 0) is 10.0 Å². The van der Waals surface area contributed by atoms with Crippen molar-refractivity contribution < 1.29 is 13.5 Å². The average Bonchev–Trinajstić information content (AvgIpc) is 3.43. The van der Waals surface area contributed by atoms with Gasteiger partial charge in [-0.1, -0.05) is 48.0 Å². The molecule has 4 heterocycles. The molecule has 2 saturated heterocycles. The van der Waals surface area contributed by atoms with Gasteiger partial charge in [0, 0.05) is 79.8 Å². The Morgan fingerprint density at radius 1 is 0.804 bits per heavy atom. The fourth-order valence-corrected chi connectivity index (χ4v) is 8.11. The van der Waals surface area contributed by atoms with Gasteiger partial charge in [0.25, 0.3) is 10.0 Å². The van der Waals surface area contributed by atoms with E-state index in [1.54, 1.807) is 24.5 Å². The Labute approximate surface area is 271 Å². The maximum Gasteiger partial charge on any atom is 0.269 e. The average molecular weight is 636 g/mol. The molecule has 0 aliphatic carbocycles. The molecular formula is C37H41N5O3S. The van der Waals surface area contributed by atoms with Crippen LogP contribution in [0.5, 0.6) is 0 Å². The van der Waals surface area contributed by atoms with Crippen molar-refractivity contribution in [2.24, 2.45) is 5.92 Å². The minimum Gasteiger partial charge on any atom is -0.388 e. The highest BCUT2D eigenvalue weighted by molar-refractivity contribution is 7.90. The zero-order valence-electron chi connectivity index (χ0n) is 26.9. The highest BCUT2D eigenvalue weighted by atomic mass is 32.2. The van der Waals surface area contributed by atoms with Crippen molar-refractivity contribution in [1.82, 2.24) is 18.8 Å². The van der Waals surface area contributed by atoms with Crippen LogP contribution in [0.4, 0.5) is 5.69 Å². The predicted molar refractivity (Wildman–Crippen MR) is 185 cm³/mol. The minimum absolute atomic E-state index is 0.214. The standard InChI is InChI=1S/C37H41N5O3S/c1-25-5-12-32(13-6-25)46(44,45)42-24-34(27-7-9-28(10-8-27)36(43)31-22-40(4)23-31)33-20-30(21-38-37(33)42)29-11-14-35(26(2)19-29)41-17-15-39(3)16-18-41/h5-14,19-21,24,31,36,43H,15-18,22-23H2,1-4H3. The Hall–Kier alpha value is -4.02. The number of aliphatic hydroxyl groups excluding tert-OH is 1. The number of likely N-dealkylation sites (tertiary alicyclic amines) is 1. The normalized spacial score (nSPS) is 17.4. The molecule has 2 aliphatic heterocycles. The van der Waals surface area contributed by atoms with Crippen LogP contribution in [0.25, 0.3) is 33.3 Å². The van der Waals surface area contributed by atoms with E-state index < -0.39 is 16.1 Å². The number of anilines is 1. The summed E-state index contributed by atoms with van der Waals surface area (Å²) >= 11 is 0. The number of hydrogen-bond donors (Lipinski definition) is 1. The molecule has 2 aliphatic rings. The van der Waals surface area contributed by atoms with Crippen molar-refractivity contribution in [1.29, 1.82) is 0 Å². The number of pyridine rings is 1. The van der Waals surface area contributed by atoms with Crippen LogP contribution in [0.3, 0.4) is 0 Å². The lowest BCUT2D eigenvalue weighted by atomic mass is 9.89. The molecule has 2 fully saturated rings. The molecule has 1 N–H and O–H groups in total. The first-order valence-corrected chi connectivity index (χ1v) is 17.4. The van der Waals surface area contributed by atoms with Gasteiger partial charge in [0.1, 0.15) is 0 Å². The number of piperazine rings is 1. The molecule has 3 aromatic carbocycles. The van der Waals surface area contributed by atoms with Crippen molar-refractivity contribution in [3.8, 4) is 22.3 Å². The SMILES string of the molecule is Cc1ccc(S(=O)(=O)n2cc(-c3ccc(C(O)C4CN(C)C4)cc3)c3cc(-c4ccc(N5CCN(C)CC5)c(C)c4)cnc32)cc1. The van der Waals surface area contributed by atoms with E-state index in [1.807, 2.05) is 43.3 Å². The number of likely N-dealkylation sites (N-methyl/N-ethyl adjacent to an activating group) is 1. The molecule has 0 spiro atoms. The zero-order chi connectivity index (χ0) is 32.2. The van der Waals surface area contributed by atoms with Gasteiger partial charge in [-0.15, -0.1) is 0 Å². The zero-order valence-corrected chi connectivity index (χ0v) is 27.7. The molecule has 5 aromatic rings. The minimum atomic E-state index is -3.91. The Bertz CT molecular complexity index is 1990. The second kappa shape index (κ2) is 12.0. The summed E-state index contributed by atoms with van der Waals surface area (Å²) in [6.07, 6.45) is 2.93. The van der Waals surface area contributed by atoms with Gasteiger partial charge in [0.2, 0.25) is 0 Å². The number of hydrogen-bond acceptors (Lipinski definition) is 7. The lowest BCUT2D eigenvalue weighted by Crippen LogP contribution is -2.46. The van der Waals surface area contributed by atoms with Crippen LogP contribution < -0.4 is 4.90 Å². The molecule has 7 rings (SSSR count). The van der Waals surface area contributed by atoms with Crippen molar-refractivity contribution >= 4 is 26.7 Å². The number of aromatic nitrogens is 2. The van der Waals surface area contributed by atoms with Crippen LogP contribution in [0, 0.1) is 19.8 Å². The van der Waals surface area contributed by atoms with Crippen molar-refractivity contribution in [2.45, 2.75) is 24.8 Å². The maximum absolute atomic E-state index is 14.0. The van der Waals surface area contributed by atoms with E-state index in [2.05, 4.69) is 60.0 Å². The summed E-state index contributed by atoms with van der Waals surface area (Å²) in [5, 5.41) is 11.7. The first-order valence-electron chi connectivity index (χ1n) is 15.9. The quantitative estimate of drug-likeness (QED) is 0.251. The number of fused-ring (bicyclic) bond motifs is 1. The summed E-state index contributed by atoms with van der Waals surface area (Å²) in [5.74, 6) is 0.218. The van der Waals surface area contributed by atoms with Gasteiger partial charge in [0.05, 0.1) is 11.0 Å². The number of benzene rings is 3. The molecule has 0 radical (unpaired) electrons. The molecule has 1 unspecified atom stereocenters. The number of rotatable bonds is 7. The van der Waals surface area contributed by atoms with E-state index >= 15 is 0 Å². The first kappa shape index (κ1) is 30.6. The monoisotopic (exact) mass is 635 g/mol. The molecule has 0 bridgehead atoms. The topological polar surface area (TPSA) is 81.9 Å². The Morgan fingerprint density at radius 2 is 1.48 bits per heavy atom. The van der Waals surface area contributed by atoms with Crippen molar-refractivity contribution in [2.75, 3.05) is 58.3 Å². The third-order valence-corrected chi connectivity index (χ3v) is 11.3. The van der Waals surface area contributed by atoms with Crippen LogP contribution >= 0.6 is 0 Å². The van der Waals surface area contributed by atoms with E-state index in [0.29, 0.717) is 5.65 Å². The van der Waals surface area contributed by atoms with E-state index in [9.17, 15) is 13.5 Å². The van der Waals surface area contributed by atoms with E-state index in [4.69, 9.17) is 4.98 Å². The second-order valence-corrected chi connectivity index (χ2v) is 14.9. The van der Waals surface area contributed by atoms with Gasteiger partial charge in [-0.2, -0.15) is 0 Å². The van der Waals surface area contributed by atoms with E-state index in [1.165, 1.54) is 15.2 Å². The first-order chi connectivity index (χ1) is 22.1. The Morgan fingerprint density at radius 3 is 2.13 bits per heavy atom. The Balaban J connectivity index is 1.30. The highest BCUT2D eigenvalue weighted by Crippen LogP contribution is 2.37. The second-order valence-electron chi connectivity index (χ2n) is 13.1. The van der Waals surface area contributed by atoms with Gasteiger partial charge in [-0.3, -0.25) is 0 Å². The fourth-order valence-electron chi connectivity index (χ4n) is 6.79. The molecular weight excluding hydrogens is 595 g/mol. The van der Waals surface area contributed by atoms with Gasteiger partial charge in [0.15, 0.2) is 5.65 Å². The van der Waals surface area contributed by atoms with Gasteiger partial charge in [-0.25, -0.2) is 17.4 Å². The summed E-state index contributed by atoms with van der Waals surface area (Å²) in [6, 6.07) is 23.3. The molecule has 8 nitrogen and oxygen atoms in total. The summed E-state index contributed by atoms with van der Waals surface area (Å²) in [5.41, 5.74) is 8.29. The fraction of sp³-hybridized carbons (Fsp3) is 0.324. The van der Waals surface area contributed by atoms with Crippen LogP contribution in [0.1, 0.15) is 22.8 Å². The van der Waals surface area contributed by atoms with Gasteiger partial charge in [-0.05, 0) is 80.5 Å². The van der Waals surface area contributed by atoms with E-state index in [0.717, 1.165) is 78.0 Å². The number of aliphatic hydroxyl groups is 1. The molecule has 0 amide bonds. The molecule has 2 aromatic heterocycles. The van der Waals surface area contributed by atoms with E-state index in [-0.39, 0.29) is 10.8 Å². The third kappa shape index (κ3) is 5.62. The Kier molecular flexibility index (Phi) is 7.97. The largest absolute Gasteiger partial charge is 0.388 e. The summed E-state index contributed by atoms with van der Waals surface area (Å²) in [7, 11) is 0.307. The maximum atomic E-state index is 14.0. The predicted octanol–water partition coefficient (Wildman–Crippen LogP) is 5.57. The lowest BCUT2D eigenvalue weighted by molar-refractivity contribution is 0.00901. The molecule has 238 valence electrons. The van der Waals surface area contributed by atoms with Crippen molar-refractivity contribution in [3.63, 3.8) is 0 Å². The molecule has 46 heavy (non-hydrogen) atoms. The van der Waals surface area contributed by atoms with Crippen molar-refractivity contribution in [3.05, 3.63) is 102 Å². The third-order valence-electron chi connectivity index (χ3n) is 9.67. The molecule has 0 saturated carbocycles. The molecule has 1 atom stereocenters. The lowest BCUT2D eigenvalue weighted by Gasteiger charge is -2.39. The smallest absolute Gasteiger partial charge is 0.269 e. The summed E-state index contributed by atoms with van der Waals surface area (Å²) in [6.45, 7) is 9.93. The van der Waals surface area contributed by atoms with Crippen LogP contribution in [-0.4, -0.2) is 85.6 Å². The van der Waals surface area contributed by atoms with Gasteiger partial charge >= 0.3 is 0 Å². The number of aryl methyl sites for hydroxylation is 2. The van der Waals surface area contributed by atoms with Crippen LogP contribution in [0.2, 0.25) is 0 Å². The summed E-state index contributed by atoms with van der Waals surface area (Å²) in [4.78, 5) is 12.0. The highest BCUT2D eigenvalue weighted by Gasteiger charge is 2.31. The summed E-state index contributed by atoms with van der Waals surface area (Å²) < 4.78 is 29.3. The van der Waals surface area contributed by atoms with Gasteiger partial charge < -0.3 is 19.8 Å². The molecule has 9 heteroatoms.